The summed E-state index contributed by atoms with van der Waals surface area (Å²) in [4.78, 5) is 27.7. The fourth-order valence-corrected chi connectivity index (χ4v) is 2.37. The van der Waals surface area contributed by atoms with Gasteiger partial charge in [0.25, 0.3) is 5.91 Å². The molecule has 2 rings (SSSR count). The molecule has 1 heterocycles. The molecule has 1 aromatic carbocycles. The summed E-state index contributed by atoms with van der Waals surface area (Å²) in [5.41, 5.74) is 1.78. The number of rotatable bonds is 3. The fraction of sp³-hybridized carbons (Fsp3) is 0.467. The molecule has 5 nitrogen and oxygen atoms in total. The molecule has 0 aliphatic carbocycles. The average molecular weight is 275 g/mol. The Kier molecular flexibility index (Phi) is 4.74. The number of benzene rings is 1. The minimum Gasteiger partial charge on any atom is -0.358 e. The normalized spacial score (nSPS) is 16.0. The van der Waals surface area contributed by atoms with Crippen molar-refractivity contribution in [3.8, 4) is 0 Å². The molecule has 0 saturated carbocycles. The molecule has 0 spiro atoms. The Morgan fingerprint density at radius 2 is 1.80 bits per heavy atom. The van der Waals surface area contributed by atoms with Crippen molar-refractivity contribution < 1.29 is 9.59 Å². The highest BCUT2D eigenvalue weighted by Crippen LogP contribution is 2.12. The first-order valence-corrected chi connectivity index (χ1v) is 6.89. The molecule has 1 aliphatic heterocycles. The van der Waals surface area contributed by atoms with Gasteiger partial charge < -0.3 is 10.2 Å². The van der Waals surface area contributed by atoms with Crippen molar-refractivity contribution in [3.63, 3.8) is 0 Å². The Hall–Kier alpha value is -1.88. The van der Waals surface area contributed by atoms with Crippen molar-refractivity contribution in [2.75, 3.05) is 39.8 Å². The van der Waals surface area contributed by atoms with Crippen molar-refractivity contribution in [2.45, 2.75) is 6.92 Å². The average Bonchev–Trinajstić information content (AvgIpc) is 2.47. The van der Waals surface area contributed by atoms with Crippen molar-refractivity contribution in [2.24, 2.45) is 0 Å². The molecule has 1 saturated heterocycles. The van der Waals surface area contributed by atoms with Crippen LogP contribution in [0.25, 0.3) is 0 Å². The molecule has 1 aliphatic rings. The first-order valence-electron chi connectivity index (χ1n) is 6.89. The number of piperazine rings is 1. The second-order valence-corrected chi connectivity index (χ2v) is 5.06. The molecule has 0 bridgehead atoms. The van der Waals surface area contributed by atoms with E-state index in [1.54, 1.807) is 7.05 Å². The second-order valence-electron chi connectivity index (χ2n) is 5.06. The van der Waals surface area contributed by atoms with E-state index in [0.29, 0.717) is 19.6 Å². The third kappa shape index (κ3) is 3.36. The lowest BCUT2D eigenvalue weighted by atomic mass is 10.1. The maximum Gasteiger partial charge on any atom is 0.254 e. The Balaban J connectivity index is 1.92. The lowest BCUT2D eigenvalue weighted by Crippen LogP contribution is -2.51. The second kappa shape index (κ2) is 6.52. The monoisotopic (exact) mass is 275 g/mol. The van der Waals surface area contributed by atoms with Gasteiger partial charge in [0.2, 0.25) is 5.91 Å². The van der Waals surface area contributed by atoms with Gasteiger partial charge in [0.15, 0.2) is 0 Å². The van der Waals surface area contributed by atoms with E-state index in [4.69, 9.17) is 0 Å². The van der Waals surface area contributed by atoms with Gasteiger partial charge in [-0.1, -0.05) is 18.2 Å². The Labute approximate surface area is 119 Å². The Bertz CT molecular complexity index is 494. The first-order chi connectivity index (χ1) is 9.61. The molecule has 1 fully saturated rings. The first kappa shape index (κ1) is 14.5. The maximum absolute atomic E-state index is 12.4. The van der Waals surface area contributed by atoms with E-state index < -0.39 is 0 Å². The van der Waals surface area contributed by atoms with E-state index >= 15 is 0 Å². The molecule has 0 radical (unpaired) electrons. The van der Waals surface area contributed by atoms with Gasteiger partial charge in [0, 0.05) is 38.8 Å². The molecule has 0 unspecified atom stereocenters. The van der Waals surface area contributed by atoms with Gasteiger partial charge in [-0.05, 0) is 18.6 Å². The van der Waals surface area contributed by atoms with E-state index in [-0.39, 0.29) is 11.8 Å². The molecule has 108 valence electrons. The van der Waals surface area contributed by atoms with E-state index in [0.717, 1.165) is 24.2 Å². The number of hydrogen-bond donors (Lipinski definition) is 1. The summed E-state index contributed by atoms with van der Waals surface area (Å²) < 4.78 is 0. The number of carbonyl (C=O) groups excluding carboxylic acids is 2. The van der Waals surface area contributed by atoms with Crippen LogP contribution in [0.2, 0.25) is 0 Å². The van der Waals surface area contributed by atoms with Gasteiger partial charge in [0.1, 0.15) is 0 Å². The van der Waals surface area contributed by atoms with Gasteiger partial charge >= 0.3 is 0 Å². The van der Waals surface area contributed by atoms with Crippen molar-refractivity contribution in [3.05, 3.63) is 35.4 Å². The summed E-state index contributed by atoms with van der Waals surface area (Å²) in [5, 5.41) is 2.62. The van der Waals surface area contributed by atoms with Crippen molar-refractivity contribution in [1.82, 2.24) is 15.1 Å². The molecule has 1 aromatic rings. The Morgan fingerprint density at radius 1 is 1.15 bits per heavy atom. The number of nitrogens with one attached hydrogen (secondary N) is 1. The highest BCUT2D eigenvalue weighted by atomic mass is 16.2. The van der Waals surface area contributed by atoms with Crippen LogP contribution in [0.3, 0.4) is 0 Å². The van der Waals surface area contributed by atoms with Crippen LogP contribution < -0.4 is 5.32 Å². The van der Waals surface area contributed by atoms with Gasteiger partial charge in [-0.2, -0.15) is 0 Å². The third-order valence-electron chi connectivity index (χ3n) is 3.68. The van der Waals surface area contributed by atoms with Gasteiger partial charge in [-0.25, -0.2) is 0 Å². The summed E-state index contributed by atoms with van der Waals surface area (Å²) in [6.45, 7) is 5.18. The number of nitrogens with zero attached hydrogens (tertiary/aromatic N) is 2. The Morgan fingerprint density at radius 3 is 2.40 bits per heavy atom. The molecule has 20 heavy (non-hydrogen) atoms. The van der Waals surface area contributed by atoms with Crippen LogP contribution in [-0.4, -0.2) is 61.4 Å². The van der Waals surface area contributed by atoms with E-state index in [1.165, 1.54) is 0 Å². The zero-order valence-corrected chi connectivity index (χ0v) is 12.1. The zero-order valence-electron chi connectivity index (χ0n) is 12.1. The third-order valence-corrected chi connectivity index (χ3v) is 3.68. The summed E-state index contributed by atoms with van der Waals surface area (Å²) in [5.74, 6) is 0.103. The van der Waals surface area contributed by atoms with Gasteiger partial charge in [-0.3, -0.25) is 14.5 Å². The molecule has 2 amide bonds. The lowest BCUT2D eigenvalue weighted by molar-refractivity contribution is -0.122. The van der Waals surface area contributed by atoms with E-state index in [2.05, 4.69) is 10.2 Å². The number of carbonyl (C=O) groups is 2. The van der Waals surface area contributed by atoms with Crippen LogP contribution in [0.5, 0.6) is 0 Å². The molecule has 5 heteroatoms. The fourth-order valence-electron chi connectivity index (χ4n) is 2.37. The van der Waals surface area contributed by atoms with Crippen molar-refractivity contribution in [1.29, 1.82) is 0 Å². The highest BCUT2D eigenvalue weighted by Gasteiger charge is 2.23. The number of hydrogen-bond acceptors (Lipinski definition) is 3. The summed E-state index contributed by atoms with van der Waals surface area (Å²) in [7, 11) is 1.64. The smallest absolute Gasteiger partial charge is 0.254 e. The van der Waals surface area contributed by atoms with Crippen LogP contribution in [0, 0.1) is 6.92 Å². The SMILES string of the molecule is CNC(=O)CN1CCN(C(=O)c2ccccc2C)CC1. The largest absolute Gasteiger partial charge is 0.358 e. The topological polar surface area (TPSA) is 52.7 Å². The van der Waals surface area contributed by atoms with E-state index in [1.807, 2.05) is 36.1 Å². The standard InChI is InChI=1S/C15H21N3O2/c1-12-5-3-4-6-13(12)15(20)18-9-7-17(8-10-18)11-14(19)16-2/h3-6H,7-11H2,1-2H3,(H,16,19). The van der Waals surface area contributed by atoms with Crippen LogP contribution in [-0.2, 0) is 4.79 Å². The molecule has 0 aromatic heterocycles. The molecule has 1 N–H and O–H groups in total. The summed E-state index contributed by atoms with van der Waals surface area (Å²) >= 11 is 0. The van der Waals surface area contributed by atoms with Crippen LogP contribution >= 0.6 is 0 Å². The summed E-state index contributed by atoms with van der Waals surface area (Å²) in [6, 6.07) is 7.65. The molecule has 0 atom stereocenters. The van der Waals surface area contributed by atoms with E-state index in [9.17, 15) is 9.59 Å². The minimum atomic E-state index is 0.0173. The summed E-state index contributed by atoms with van der Waals surface area (Å²) in [6.07, 6.45) is 0. The predicted molar refractivity (Wildman–Crippen MR) is 77.6 cm³/mol. The highest BCUT2D eigenvalue weighted by molar-refractivity contribution is 5.95. The van der Waals surface area contributed by atoms with Crippen LogP contribution in [0.1, 0.15) is 15.9 Å². The van der Waals surface area contributed by atoms with Crippen LogP contribution in [0.15, 0.2) is 24.3 Å². The number of amides is 2. The zero-order chi connectivity index (χ0) is 14.5. The minimum absolute atomic E-state index is 0.0173. The van der Waals surface area contributed by atoms with Crippen LogP contribution in [0.4, 0.5) is 0 Å². The van der Waals surface area contributed by atoms with Crippen molar-refractivity contribution >= 4 is 11.8 Å². The number of likely N-dealkylation sites (N-methyl/N-ethyl adjacent to an activating group) is 1. The lowest BCUT2D eigenvalue weighted by Gasteiger charge is -2.34. The van der Waals surface area contributed by atoms with Gasteiger partial charge in [0.05, 0.1) is 6.54 Å². The molecular formula is C15H21N3O2. The quantitative estimate of drug-likeness (QED) is 0.874. The maximum atomic E-state index is 12.4. The molecular weight excluding hydrogens is 254 g/mol. The predicted octanol–water partition coefficient (Wildman–Crippen LogP) is 0.499. The van der Waals surface area contributed by atoms with Gasteiger partial charge in [-0.15, -0.1) is 0 Å². The number of aryl methyl sites for hydroxylation is 1.